The molecule has 8 rings (SSSR count). The molecule has 23 heteroatoms. The Balaban J connectivity index is 0.000000214. The van der Waals surface area contributed by atoms with Crippen LogP contribution in [-0.4, -0.2) is 89.1 Å². The number of hydrogen-bond donors (Lipinski definition) is 0. The van der Waals surface area contributed by atoms with Gasteiger partial charge >= 0.3 is 12.2 Å². The van der Waals surface area contributed by atoms with E-state index in [1.807, 2.05) is 0 Å². The molecule has 18 nitrogen and oxygen atoms in total. The Morgan fingerprint density at radius 1 is 0.708 bits per heavy atom. The summed E-state index contributed by atoms with van der Waals surface area (Å²) in [6.45, 7) is 10.9. The summed E-state index contributed by atoms with van der Waals surface area (Å²) in [5, 5.41) is 21.8. The van der Waals surface area contributed by atoms with Gasteiger partial charge in [-0.25, -0.2) is 28.3 Å². The van der Waals surface area contributed by atoms with Crippen molar-refractivity contribution in [3.05, 3.63) is 117 Å². The Kier molecular flexibility index (Phi) is 16.9. The van der Waals surface area contributed by atoms with Crippen LogP contribution in [0.2, 0.25) is 0 Å². The number of alkyl halides is 1. The predicted molar refractivity (Wildman–Crippen MR) is 270 cm³/mol. The van der Waals surface area contributed by atoms with E-state index in [9.17, 15) is 23.2 Å². The summed E-state index contributed by atoms with van der Waals surface area (Å²) in [6, 6.07) is 12.7. The van der Waals surface area contributed by atoms with Crippen LogP contribution < -0.4 is 9.80 Å². The summed E-state index contributed by atoms with van der Waals surface area (Å²) in [6.07, 6.45) is 10.7. The summed E-state index contributed by atoms with van der Waals surface area (Å²) in [5.41, 5.74) is 7.43. The molecule has 0 atom stereocenters. The molecular weight excluding hydrogens is 988 g/mol. The number of ether oxygens (including phenoxy) is 2. The number of rotatable bonds is 16. The molecule has 2 saturated carbocycles. The Morgan fingerprint density at radius 2 is 1.17 bits per heavy atom. The van der Waals surface area contributed by atoms with Crippen LogP contribution in [0.25, 0.3) is 31.8 Å². The van der Waals surface area contributed by atoms with E-state index in [1.54, 1.807) is 103 Å². The standard InChI is InChI=1S/C26H29FN8O3S.C23H25ClFN5O2S/c1-25(2,3)38-24(37)35(16-26(11-5-12-26)22-19(27)6-4-13-29-22)21-10-9-20(32-33-21)23-30-15-18(39-23)8-7-17(36)14-31-34-28;1-22(2,3)32-21(31)30(14-23(9-5-10-23)19-16(25)6-4-11-26-19)18-8-7-17(28-29-18)20-27-13-15(12-24)33-20/h4,6,9-10,13,15H,5,7-8,11-12,14,16H2,1-3H3;4,6-8,11,13H,5,9-10,12,14H2,1-3H3. The molecule has 0 N–H and O–H groups in total. The molecular formula is C49H54ClF2N13O5S2. The molecule has 2 fully saturated rings. The maximum atomic E-state index is 14.8. The number of nitrogens with zero attached hydrogens (tertiary/aromatic N) is 13. The molecule has 6 aromatic rings. The number of hydrogen-bond acceptors (Lipinski definition) is 16. The van der Waals surface area contributed by atoms with Crippen molar-refractivity contribution in [1.29, 1.82) is 0 Å². The number of aromatic nitrogens is 8. The second-order valence-corrected chi connectivity index (χ2v) is 21.9. The number of carbonyl (C=O) groups is 3. The van der Waals surface area contributed by atoms with Gasteiger partial charge in [-0.05, 0) is 128 Å². The molecule has 0 bridgehead atoms. The maximum absolute atomic E-state index is 14.8. The van der Waals surface area contributed by atoms with Gasteiger partial charge in [-0.3, -0.25) is 24.6 Å². The highest BCUT2D eigenvalue weighted by molar-refractivity contribution is 7.15. The van der Waals surface area contributed by atoms with Crippen LogP contribution >= 0.6 is 34.3 Å². The van der Waals surface area contributed by atoms with E-state index in [4.69, 9.17) is 26.6 Å². The monoisotopic (exact) mass is 1040 g/mol. The summed E-state index contributed by atoms with van der Waals surface area (Å²) in [7, 11) is 0. The van der Waals surface area contributed by atoms with Crippen LogP contribution in [0.4, 0.5) is 30.0 Å². The van der Waals surface area contributed by atoms with Crippen molar-refractivity contribution in [2.45, 2.75) is 121 Å². The first-order chi connectivity index (χ1) is 34.3. The van der Waals surface area contributed by atoms with E-state index in [-0.39, 0.29) is 43.5 Å². The van der Waals surface area contributed by atoms with Gasteiger partial charge in [0.2, 0.25) is 0 Å². The molecule has 2 aliphatic rings. The molecule has 0 saturated heterocycles. The minimum atomic E-state index is -0.745. The van der Waals surface area contributed by atoms with Crippen LogP contribution in [0.1, 0.15) is 108 Å². The number of Topliss-reactive ketones (excluding diaryl/α,β-unsaturated/α-hetero) is 1. The lowest BCUT2D eigenvalue weighted by atomic mass is 9.66. The number of pyridine rings is 2. The lowest BCUT2D eigenvalue weighted by molar-refractivity contribution is -0.117. The van der Waals surface area contributed by atoms with E-state index in [2.05, 4.69) is 50.4 Å². The van der Waals surface area contributed by atoms with Crippen molar-refractivity contribution in [3.8, 4) is 21.4 Å². The van der Waals surface area contributed by atoms with Gasteiger partial charge in [0.25, 0.3) is 0 Å². The van der Waals surface area contributed by atoms with Gasteiger partial charge in [0, 0.05) is 69.8 Å². The van der Waals surface area contributed by atoms with Crippen LogP contribution in [-0.2, 0) is 37.4 Å². The third kappa shape index (κ3) is 13.3. The molecule has 0 radical (unpaired) electrons. The van der Waals surface area contributed by atoms with Gasteiger partial charge in [-0.1, -0.05) is 18.0 Å². The van der Waals surface area contributed by atoms with Gasteiger partial charge in [0.15, 0.2) is 11.6 Å². The minimum absolute atomic E-state index is 0.148. The Morgan fingerprint density at radius 3 is 1.53 bits per heavy atom. The van der Waals surface area contributed by atoms with Crippen molar-refractivity contribution in [3.63, 3.8) is 0 Å². The number of thiazole rings is 2. The molecule has 378 valence electrons. The third-order valence-electron chi connectivity index (χ3n) is 11.8. The Bertz CT molecular complexity index is 2900. The summed E-state index contributed by atoms with van der Waals surface area (Å²) in [5.74, 6) is 0.0510. The summed E-state index contributed by atoms with van der Waals surface area (Å²) < 4.78 is 40.7. The Labute approximate surface area is 428 Å². The smallest absolute Gasteiger partial charge is 0.416 e. The fraction of sp³-hybridized carbons (Fsp3) is 0.449. The SMILES string of the molecule is CC(C)(C)OC(=O)N(CC1(c2ncccc2F)CCC1)c1ccc(-c2ncc(CCC(=O)CN=[N+]=[N-])s2)nn1.CC(C)(C)OC(=O)N(CC1(c2ncccc2F)CCC1)c1ccc(-c2ncc(CCl)s2)nn1. The van der Waals surface area contributed by atoms with Crippen molar-refractivity contribution in [1.82, 2.24) is 40.3 Å². The van der Waals surface area contributed by atoms with Gasteiger partial charge in [-0.2, -0.15) is 0 Å². The van der Waals surface area contributed by atoms with E-state index in [0.29, 0.717) is 76.6 Å². The summed E-state index contributed by atoms with van der Waals surface area (Å²) in [4.78, 5) is 62.8. The van der Waals surface area contributed by atoms with Gasteiger partial charge in [0.05, 0.1) is 23.8 Å². The lowest BCUT2D eigenvalue weighted by Crippen LogP contribution is -2.50. The molecule has 6 aromatic heterocycles. The summed E-state index contributed by atoms with van der Waals surface area (Å²) >= 11 is 8.68. The average Bonchev–Trinajstić information content (AvgIpc) is 4.01. The van der Waals surface area contributed by atoms with E-state index in [1.165, 1.54) is 44.6 Å². The highest BCUT2D eigenvalue weighted by Gasteiger charge is 2.47. The molecule has 2 amide bonds. The number of carbonyl (C=O) groups excluding carboxylic acids is 3. The lowest BCUT2D eigenvalue weighted by Gasteiger charge is -2.44. The number of halogens is 3. The second kappa shape index (κ2) is 22.9. The van der Waals surface area contributed by atoms with Gasteiger partial charge in [-0.15, -0.1) is 54.7 Å². The quantitative estimate of drug-likeness (QED) is 0.0381. The molecule has 0 spiro atoms. The van der Waals surface area contributed by atoms with E-state index in [0.717, 1.165) is 22.6 Å². The van der Waals surface area contributed by atoms with Crippen molar-refractivity contribution < 1.29 is 32.6 Å². The van der Waals surface area contributed by atoms with Crippen molar-refractivity contribution in [2.24, 2.45) is 5.11 Å². The number of amides is 2. The van der Waals surface area contributed by atoms with Crippen LogP contribution in [0.3, 0.4) is 0 Å². The van der Waals surface area contributed by atoms with Crippen LogP contribution in [0, 0.1) is 11.6 Å². The minimum Gasteiger partial charge on any atom is -0.443 e. The maximum Gasteiger partial charge on any atom is 0.416 e. The zero-order chi connectivity index (χ0) is 51.7. The average molecular weight is 1040 g/mol. The highest BCUT2D eigenvalue weighted by atomic mass is 35.5. The highest BCUT2D eigenvalue weighted by Crippen LogP contribution is 2.46. The largest absolute Gasteiger partial charge is 0.443 e. The number of aryl methyl sites for hydroxylation is 1. The molecule has 2 aliphatic carbocycles. The zero-order valence-corrected chi connectivity index (χ0v) is 43.1. The van der Waals surface area contributed by atoms with Crippen LogP contribution in [0.15, 0.2) is 78.4 Å². The third-order valence-corrected chi connectivity index (χ3v) is 14.3. The van der Waals surface area contributed by atoms with Crippen LogP contribution in [0.5, 0.6) is 0 Å². The first kappa shape index (κ1) is 53.2. The van der Waals surface area contributed by atoms with Gasteiger partial charge in [0.1, 0.15) is 50.0 Å². The predicted octanol–water partition coefficient (Wildman–Crippen LogP) is 11.5. The zero-order valence-electron chi connectivity index (χ0n) is 40.7. The molecule has 0 aliphatic heterocycles. The number of azide groups is 1. The first-order valence-corrected chi connectivity index (χ1v) is 25.4. The normalized spacial score (nSPS) is 14.6. The van der Waals surface area contributed by atoms with Crippen molar-refractivity contribution >= 4 is 63.9 Å². The first-order valence-electron chi connectivity index (χ1n) is 23.2. The second-order valence-electron chi connectivity index (χ2n) is 19.4. The van der Waals surface area contributed by atoms with Gasteiger partial charge < -0.3 is 9.47 Å². The van der Waals surface area contributed by atoms with E-state index < -0.39 is 40.0 Å². The van der Waals surface area contributed by atoms with E-state index >= 15 is 0 Å². The topological polar surface area (TPSA) is 228 Å². The molecule has 0 unspecified atom stereocenters. The Hall–Kier alpha value is -6.61. The molecule has 0 aromatic carbocycles. The molecule has 6 heterocycles. The fourth-order valence-electron chi connectivity index (χ4n) is 8.06. The number of ketones is 1. The molecule has 72 heavy (non-hydrogen) atoms. The fourth-order valence-corrected chi connectivity index (χ4v) is 9.90. The van der Waals surface area contributed by atoms with Crippen molar-refractivity contribution in [2.75, 3.05) is 29.4 Å². The number of anilines is 2.